The molecule has 11 heavy (non-hydrogen) atoms. The largest absolute Gasteiger partial charge is 0.122 e. The smallest absolute Gasteiger partial charge is 0.0328 e. The molecule has 0 bridgehead atoms. The van der Waals surface area contributed by atoms with E-state index in [4.69, 9.17) is 0 Å². The number of rotatable bonds is 6. The molecular weight excluding hydrogens is 151 g/mol. The molecule has 1 heteroatoms. The van der Waals surface area contributed by atoms with Gasteiger partial charge in [0.25, 0.3) is 0 Å². The fourth-order valence-electron chi connectivity index (χ4n) is 0.865. The monoisotopic (exact) mass is 174 g/mol. The summed E-state index contributed by atoms with van der Waals surface area (Å²) in [5, 5.41) is 0. The molecule has 0 rings (SSSR count). The Kier molecular flexibility index (Phi) is 7.38. The minimum atomic E-state index is 0.956. The third kappa shape index (κ3) is 6.81. The van der Waals surface area contributed by atoms with Gasteiger partial charge in [0.15, 0.2) is 0 Å². The fraction of sp³-hybridized carbons (Fsp3) is 1.00. The van der Waals surface area contributed by atoms with Gasteiger partial charge in [-0.3, -0.25) is 0 Å². The van der Waals surface area contributed by atoms with Crippen molar-refractivity contribution in [3.63, 3.8) is 0 Å². The summed E-state index contributed by atoms with van der Waals surface area (Å²) in [6.45, 7) is 9.31. The standard InChI is InChI=1S/C10H23P/c1-5-9(3)7-11-8-10(4)6-2/h9-11H,5-8H2,1-4H3. The molecule has 0 amide bonds. The Balaban J connectivity index is 3.13. The lowest BCUT2D eigenvalue weighted by atomic mass is 10.2. The average molecular weight is 174 g/mol. The predicted octanol–water partition coefficient (Wildman–Crippen LogP) is 3.76. The maximum absolute atomic E-state index is 2.36. The van der Waals surface area contributed by atoms with Gasteiger partial charge in [-0.15, -0.1) is 8.58 Å². The zero-order valence-corrected chi connectivity index (χ0v) is 9.48. The van der Waals surface area contributed by atoms with Crippen LogP contribution in [-0.2, 0) is 0 Å². The van der Waals surface area contributed by atoms with Gasteiger partial charge in [-0.25, -0.2) is 0 Å². The van der Waals surface area contributed by atoms with Crippen LogP contribution in [0.25, 0.3) is 0 Å². The SMILES string of the molecule is CCC(C)CPCC(C)CC. The summed E-state index contributed by atoms with van der Waals surface area (Å²) in [5.41, 5.74) is 0. The van der Waals surface area contributed by atoms with Gasteiger partial charge < -0.3 is 0 Å². The van der Waals surface area contributed by atoms with Crippen LogP contribution < -0.4 is 0 Å². The van der Waals surface area contributed by atoms with Crippen LogP contribution in [0.1, 0.15) is 40.5 Å². The fourth-order valence-corrected chi connectivity index (χ4v) is 2.59. The maximum Gasteiger partial charge on any atom is -0.0328 e. The maximum atomic E-state index is 2.36. The second-order valence-corrected chi connectivity index (χ2v) is 5.00. The van der Waals surface area contributed by atoms with Gasteiger partial charge in [0.05, 0.1) is 0 Å². The second-order valence-electron chi connectivity index (χ2n) is 3.69. The predicted molar refractivity (Wildman–Crippen MR) is 57.0 cm³/mol. The zero-order valence-electron chi connectivity index (χ0n) is 8.48. The summed E-state index contributed by atoms with van der Waals surface area (Å²) in [6.07, 6.45) is 5.63. The molecule has 0 saturated heterocycles. The molecule has 0 aliphatic rings. The Morgan fingerprint density at radius 1 is 0.909 bits per heavy atom. The van der Waals surface area contributed by atoms with Crippen LogP contribution >= 0.6 is 8.58 Å². The molecular formula is C10H23P. The Bertz CT molecular complexity index is 70.9. The van der Waals surface area contributed by atoms with E-state index in [-0.39, 0.29) is 0 Å². The van der Waals surface area contributed by atoms with Crippen molar-refractivity contribution in [1.82, 2.24) is 0 Å². The van der Waals surface area contributed by atoms with Crippen molar-refractivity contribution in [2.24, 2.45) is 11.8 Å². The van der Waals surface area contributed by atoms with Gasteiger partial charge in [0, 0.05) is 0 Å². The van der Waals surface area contributed by atoms with E-state index >= 15 is 0 Å². The van der Waals surface area contributed by atoms with Gasteiger partial charge in [-0.2, -0.15) is 0 Å². The van der Waals surface area contributed by atoms with Crippen LogP contribution in [-0.4, -0.2) is 12.3 Å². The second kappa shape index (κ2) is 7.10. The van der Waals surface area contributed by atoms with Crippen LogP contribution in [0.5, 0.6) is 0 Å². The lowest BCUT2D eigenvalue weighted by Crippen LogP contribution is -1.99. The van der Waals surface area contributed by atoms with E-state index < -0.39 is 0 Å². The van der Waals surface area contributed by atoms with E-state index in [0.717, 1.165) is 11.8 Å². The van der Waals surface area contributed by atoms with Crippen LogP contribution in [0.15, 0.2) is 0 Å². The van der Waals surface area contributed by atoms with E-state index in [9.17, 15) is 0 Å². The summed E-state index contributed by atoms with van der Waals surface area (Å²) >= 11 is 0. The molecule has 0 nitrogen and oxygen atoms in total. The van der Waals surface area contributed by atoms with Crippen molar-refractivity contribution >= 4 is 8.58 Å². The highest BCUT2D eigenvalue weighted by Gasteiger charge is 2.01. The van der Waals surface area contributed by atoms with Crippen molar-refractivity contribution in [2.45, 2.75) is 40.5 Å². The lowest BCUT2D eigenvalue weighted by molar-refractivity contribution is 0.617. The summed E-state index contributed by atoms with van der Waals surface area (Å²) < 4.78 is 0. The van der Waals surface area contributed by atoms with Crippen molar-refractivity contribution in [2.75, 3.05) is 12.3 Å². The van der Waals surface area contributed by atoms with Gasteiger partial charge in [-0.1, -0.05) is 40.5 Å². The van der Waals surface area contributed by atoms with Crippen LogP contribution in [0.4, 0.5) is 0 Å². The van der Waals surface area contributed by atoms with Crippen LogP contribution in [0.3, 0.4) is 0 Å². The Labute approximate surface area is 73.9 Å². The highest BCUT2D eigenvalue weighted by atomic mass is 31.1. The molecule has 2 atom stereocenters. The molecule has 0 radical (unpaired) electrons. The van der Waals surface area contributed by atoms with E-state index in [2.05, 4.69) is 27.7 Å². The third-order valence-electron chi connectivity index (χ3n) is 2.38. The van der Waals surface area contributed by atoms with Gasteiger partial charge in [-0.05, 0) is 24.2 Å². The molecule has 0 aromatic carbocycles. The average Bonchev–Trinajstić information content (AvgIpc) is 2.04. The molecule has 0 N–H and O–H groups in total. The number of hydrogen-bond donors (Lipinski definition) is 0. The molecule has 0 aliphatic carbocycles. The first kappa shape index (κ1) is 11.4. The van der Waals surface area contributed by atoms with Gasteiger partial charge >= 0.3 is 0 Å². The van der Waals surface area contributed by atoms with E-state index in [1.807, 2.05) is 0 Å². The third-order valence-corrected chi connectivity index (χ3v) is 4.35. The van der Waals surface area contributed by atoms with Crippen molar-refractivity contribution in [1.29, 1.82) is 0 Å². The molecule has 0 aliphatic heterocycles. The topological polar surface area (TPSA) is 0 Å². The van der Waals surface area contributed by atoms with Crippen molar-refractivity contribution in [3.05, 3.63) is 0 Å². The van der Waals surface area contributed by atoms with E-state index in [1.165, 1.54) is 33.7 Å². The summed E-state index contributed by atoms with van der Waals surface area (Å²) in [6, 6.07) is 0. The van der Waals surface area contributed by atoms with Gasteiger partial charge in [0.2, 0.25) is 0 Å². The highest BCUT2D eigenvalue weighted by Crippen LogP contribution is 2.21. The normalized spacial score (nSPS) is 17.5. The number of hydrogen-bond acceptors (Lipinski definition) is 0. The Hall–Kier alpha value is 0.430. The van der Waals surface area contributed by atoms with Gasteiger partial charge in [0.1, 0.15) is 0 Å². The highest BCUT2D eigenvalue weighted by molar-refractivity contribution is 7.37. The van der Waals surface area contributed by atoms with Crippen molar-refractivity contribution in [3.8, 4) is 0 Å². The van der Waals surface area contributed by atoms with Crippen LogP contribution in [0, 0.1) is 11.8 Å². The first-order valence-corrected chi connectivity index (χ1v) is 6.32. The molecule has 0 heterocycles. The molecule has 0 spiro atoms. The van der Waals surface area contributed by atoms with E-state index in [1.54, 1.807) is 0 Å². The van der Waals surface area contributed by atoms with E-state index in [0.29, 0.717) is 0 Å². The summed E-state index contributed by atoms with van der Waals surface area (Å²) in [4.78, 5) is 0. The molecule has 0 saturated carbocycles. The first-order valence-electron chi connectivity index (χ1n) is 4.91. The first-order chi connectivity index (χ1) is 5.20. The molecule has 68 valence electrons. The quantitative estimate of drug-likeness (QED) is 0.538. The van der Waals surface area contributed by atoms with Crippen LogP contribution in [0.2, 0.25) is 0 Å². The minimum absolute atomic E-state index is 0.956. The molecule has 2 unspecified atom stereocenters. The summed E-state index contributed by atoms with van der Waals surface area (Å²) in [7, 11) is 1.21. The van der Waals surface area contributed by atoms with Crippen molar-refractivity contribution < 1.29 is 0 Å². The molecule has 0 aromatic rings. The molecule has 0 fully saturated rings. The summed E-state index contributed by atoms with van der Waals surface area (Å²) in [5.74, 6) is 1.91. The Morgan fingerprint density at radius 3 is 1.55 bits per heavy atom. The molecule has 0 aromatic heterocycles. The zero-order chi connectivity index (χ0) is 8.69. The lowest BCUT2D eigenvalue weighted by Gasteiger charge is -2.11. The Morgan fingerprint density at radius 2 is 1.27 bits per heavy atom. The minimum Gasteiger partial charge on any atom is -0.122 e.